The summed E-state index contributed by atoms with van der Waals surface area (Å²) in [4.78, 5) is 0. The molecule has 0 heterocycles. The number of hydrogen-bond donors (Lipinski definition) is 0. The summed E-state index contributed by atoms with van der Waals surface area (Å²) in [6, 6.07) is 7.84. The zero-order valence-corrected chi connectivity index (χ0v) is 10.4. The molecule has 0 saturated heterocycles. The summed E-state index contributed by atoms with van der Waals surface area (Å²) in [6.07, 6.45) is 0.551. The number of hydrogen-bond acceptors (Lipinski definition) is 0. The van der Waals surface area contributed by atoms with Crippen LogP contribution in [-0.2, 0) is 5.88 Å². The highest BCUT2D eigenvalue weighted by Gasteiger charge is 2.15. The van der Waals surface area contributed by atoms with Gasteiger partial charge >= 0.3 is 9.46 Å². The van der Waals surface area contributed by atoms with Crippen molar-refractivity contribution in [2.75, 3.05) is 0 Å². The maximum atomic E-state index is 12.2. The Morgan fingerprint density at radius 2 is 2.00 bits per heavy atom. The Kier molecular flexibility index (Phi) is 5.26. The third-order valence-electron chi connectivity index (χ3n) is 2.50. The Balaban J connectivity index is 2.68. The average Bonchev–Trinajstić information content (AvgIpc) is 2.25. The quantitative estimate of drug-likeness (QED) is 0.412. The van der Waals surface area contributed by atoms with E-state index < -0.39 is 9.46 Å². The summed E-state index contributed by atoms with van der Waals surface area (Å²) >= 11 is 5.80. The second kappa shape index (κ2) is 6.23. The predicted octanol–water partition coefficient (Wildman–Crippen LogP) is 4.35. The maximum Gasteiger partial charge on any atom is 0.476 e. The zero-order chi connectivity index (χ0) is 11.3. The van der Waals surface area contributed by atoms with Crippen molar-refractivity contribution in [2.24, 2.45) is 0 Å². The second-order valence-electron chi connectivity index (χ2n) is 3.61. The van der Waals surface area contributed by atoms with Crippen molar-refractivity contribution in [3.8, 4) is 0 Å². The van der Waals surface area contributed by atoms with Crippen molar-refractivity contribution in [1.82, 2.24) is 0 Å². The molecule has 1 atom stereocenters. The molecular weight excluding hydrogens is 234 g/mol. The van der Waals surface area contributed by atoms with Crippen molar-refractivity contribution in [1.29, 1.82) is 0 Å². The normalized spacial score (nSPS) is 13.1. The molecule has 0 nitrogen and oxygen atoms in total. The van der Waals surface area contributed by atoms with Crippen molar-refractivity contribution in [3.05, 3.63) is 35.4 Å². The molecule has 0 aromatic heterocycles. The Morgan fingerprint density at radius 1 is 1.33 bits per heavy atom. The molecule has 0 fully saturated rings. The standard InChI is InChI=1S/C11H14ClF2Si/c1-9(6-7-15(13)14)11-5-3-2-4-10(11)8-12/h2-5,9H,6-8H2,1H3. The van der Waals surface area contributed by atoms with Crippen LogP contribution < -0.4 is 0 Å². The number of rotatable bonds is 5. The molecule has 4 heteroatoms. The summed E-state index contributed by atoms with van der Waals surface area (Å²) in [7, 11) is -3.09. The maximum absolute atomic E-state index is 12.2. The van der Waals surface area contributed by atoms with Crippen molar-refractivity contribution in [3.63, 3.8) is 0 Å². The molecule has 1 radical (unpaired) electrons. The van der Waals surface area contributed by atoms with Gasteiger partial charge in [-0.2, -0.15) is 0 Å². The van der Waals surface area contributed by atoms with E-state index in [0.717, 1.165) is 11.1 Å². The van der Waals surface area contributed by atoms with Crippen LogP contribution in [0.1, 0.15) is 30.4 Å². The fourth-order valence-electron chi connectivity index (χ4n) is 1.62. The van der Waals surface area contributed by atoms with Gasteiger partial charge in [0, 0.05) is 11.9 Å². The first-order valence-electron chi connectivity index (χ1n) is 4.95. The lowest BCUT2D eigenvalue weighted by atomic mass is 9.94. The SMILES string of the molecule is CC(CC[Si](F)F)c1ccccc1CCl. The molecule has 83 valence electrons. The van der Waals surface area contributed by atoms with Gasteiger partial charge in [0.15, 0.2) is 0 Å². The molecule has 0 aliphatic carbocycles. The number of halogens is 3. The van der Waals surface area contributed by atoms with Crippen LogP contribution in [0.2, 0.25) is 6.04 Å². The van der Waals surface area contributed by atoms with Gasteiger partial charge in [-0.3, -0.25) is 8.22 Å². The second-order valence-corrected chi connectivity index (χ2v) is 5.06. The molecule has 0 bridgehead atoms. The lowest BCUT2D eigenvalue weighted by Crippen LogP contribution is -2.02. The highest BCUT2D eigenvalue weighted by atomic mass is 35.5. The molecule has 0 amide bonds. The fourth-order valence-corrected chi connectivity index (χ4v) is 2.51. The molecule has 1 aromatic rings. The monoisotopic (exact) mass is 247 g/mol. The van der Waals surface area contributed by atoms with E-state index in [4.69, 9.17) is 11.6 Å². The van der Waals surface area contributed by atoms with Gasteiger partial charge in [0.05, 0.1) is 0 Å². The Hall–Kier alpha value is -0.413. The molecule has 1 aromatic carbocycles. The van der Waals surface area contributed by atoms with Gasteiger partial charge in [0.25, 0.3) is 0 Å². The third kappa shape index (κ3) is 3.91. The van der Waals surface area contributed by atoms with Crippen molar-refractivity contribution < 1.29 is 8.22 Å². The summed E-state index contributed by atoms with van der Waals surface area (Å²) in [5.74, 6) is 0.621. The smallest absolute Gasteiger partial charge is 0.268 e. The van der Waals surface area contributed by atoms with Gasteiger partial charge < -0.3 is 0 Å². The highest BCUT2D eigenvalue weighted by molar-refractivity contribution is 6.42. The Bertz CT molecular complexity index is 304. The van der Waals surface area contributed by atoms with Gasteiger partial charge in [-0.15, -0.1) is 11.6 Å². The van der Waals surface area contributed by atoms with Crippen LogP contribution in [-0.4, -0.2) is 9.46 Å². The molecule has 1 rings (SSSR count). The molecule has 0 aliphatic rings. The van der Waals surface area contributed by atoms with Crippen LogP contribution in [0, 0.1) is 0 Å². The van der Waals surface area contributed by atoms with E-state index in [2.05, 4.69) is 0 Å². The molecule has 1 unspecified atom stereocenters. The lowest BCUT2D eigenvalue weighted by molar-refractivity contribution is 0.618. The van der Waals surface area contributed by atoms with E-state index in [0.29, 0.717) is 12.3 Å². The summed E-state index contributed by atoms with van der Waals surface area (Å²) in [6.45, 7) is 1.98. The predicted molar refractivity (Wildman–Crippen MR) is 61.8 cm³/mol. The highest BCUT2D eigenvalue weighted by Crippen LogP contribution is 2.26. The van der Waals surface area contributed by atoms with Crippen molar-refractivity contribution >= 4 is 21.1 Å². The minimum Gasteiger partial charge on any atom is -0.268 e. The van der Waals surface area contributed by atoms with E-state index in [1.165, 1.54) is 0 Å². The zero-order valence-electron chi connectivity index (χ0n) is 8.64. The Labute approximate surface area is 96.2 Å². The van der Waals surface area contributed by atoms with Crippen LogP contribution in [0.25, 0.3) is 0 Å². The first kappa shape index (κ1) is 12.7. The number of benzene rings is 1. The first-order chi connectivity index (χ1) is 7.15. The lowest BCUT2D eigenvalue weighted by Gasteiger charge is -2.14. The summed E-state index contributed by atoms with van der Waals surface area (Å²) in [5.41, 5.74) is 2.16. The summed E-state index contributed by atoms with van der Waals surface area (Å²) in [5, 5.41) is 0. The van der Waals surface area contributed by atoms with E-state index in [-0.39, 0.29) is 12.0 Å². The molecular formula is C11H14ClF2Si. The van der Waals surface area contributed by atoms with E-state index in [1.54, 1.807) is 0 Å². The van der Waals surface area contributed by atoms with Crippen molar-refractivity contribution in [2.45, 2.75) is 31.2 Å². The van der Waals surface area contributed by atoms with Crippen LogP contribution in [0.4, 0.5) is 8.22 Å². The minimum absolute atomic E-state index is 0.0580. The number of alkyl halides is 1. The molecule has 0 aliphatic heterocycles. The van der Waals surface area contributed by atoms with Gasteiger partial charge in [-0.1, -0.05) is 31.2 Å². The average molecular weight is 248 g/mol. The van der Waals surface area contributed by atoms with E-state index in [1.807, 2.05) is 31.2 Å². The largest absolute Gasteiger partial charge is 0.476 e. The van der Waals surface area contributed by atoms with E-state index in [9.17, 15) is 8.22 Å². The third-order valence-corrected chi connectivity index (χ3v) is 3.45. The molecule has 0 spiro atoms. The van der Waals surface area contributed by atoms with Crippen LogP contribution >= 0.6 is 11.6 Å². The topological polar surface area (TPSA) is 0 Å². The molecule has 0 N–H and O–H groups in total. The van der Waals surface area contributed by atoms with E-state index >= 15 is 0 Å². The minimum atomic E-state index is -3.09. The van der Waals surface area contributed by atoms with Crippen LogP contribution in [0.5, 0.6) is 0 Å². The fraction of sp³-hybridized carbons (Fsp3) is 0.455. The van der Waals surface area contributed by atoms with Gasteiger partial charge in [0.1, 0.15) is 0 Å². The van der Waals surface area contributed by atoms with Crippen LogP contribution in [0.3, 0.4) is 0 Å². The van der Waals surface area contributed by atoms with Gasteiger partial charge in [-0.05, 0) is 23.5 Å². The van der Waals surface area contributed by atoms with Gasteiger partial charge in [0.2, 0.25) is 0 Å². The Morgan fingerprint density at radius 3 is 2.60 bits per heavy atom. The van der Waals surface area contributed by atoms with Gasteiger partial charge in [-0.25, -0.2) is 0 Å². The molecule has 15 heavy (non-hydrogen) atoms. The summed E-state index contributed by atoms with van der Waals surface area (Å²) < 4.78 is 24.3. The molecule has 0 saturated carbocycles. The first-order valence-corrected chi connectivity index (χ1v) is 6.95. The van der Waals surface area contributed by atoms with Crippen LogP contribution in [0.15, 0.2) is 24.3 Å².